The number of amides is 2. The number of halogens is 3. The molecule has 0 aliphatic carbocycles. The maximum atomic E-state index is 13.0. The number of carbonyl (C=O) groups excluding carboxylic acids is 1. The number of urea groups is 1. The molecule has 3 heterocycles. The topological polar surface area (TPSA) is 79.3 Å². The predicted octanol–water partition coefficient (Wildman–Crippen LogP) is 4.24. The van der Waals surface area contributed by atoms with Crippen LogP contribution in [0.1, 0.15) is 24.8 Å². The average Bonchev–Trinajstić information content (AvgIpc) is 3.28. The molecule has 0 bridgehead atoms. The van der Waals surface area contributed by atoms with Crippen LogP contribution in [0.5, 0.6) is 5.75 Å². The Morgan fingerprint density at radius 2 is 1.83 bits per heavy atom. The molecule has 0 spiro atoms. The van der Waals surface area contributed by atoms with Gasteiger partial charge in [-0.05, 0) is 43.7 Å². The number of ether oxygens (including phenoxy) is 1. The van der Waals surface area contributed by atoms with E-state index in [-0.39, 0.29) is 11.3 Å². The third-order valence-corrected chi connectivity index (χ3v) is 6.47. The number of carbonyl (C=O) groups is 1. The van der Waals surface area contributed by atoms with Gasteiger partial charge in [-0.15, -0.1) is 5.10 Å². The molecule has 1 aliphatic rings. The second-order valence-corrected chi connectivity index (χ2v) is 8.84. The van der Waals surface area contributed by atoms with Crippen LogP contribution in [0.4, 0.5) is 29.5 Å². The van der Waals surface area contributed by atoms with Crippen molar-refractivity contribution in [2.45, 2.75) is 25.4 Å². The Hall–Kier alpha value is -3.47. The highest BCUT2D eigenvalue weighted by atomic mass is 19.4. The van der Waals surface area contributed by atoms with E-state index in [1.165, 1.54) is 21.7 Å². The first-order valence-electron chi connectivity index (χ1n) is 12.0. The molecule has 194 valence electrons. The molecule has 4 rings (SSSR count). The van der Waals surface area contributed by atoms with Gasteiger partial charge in [0, 0.05) is 45.0 Å². The lowest BCUT2D eigenvalue weighted by Crippen LogP contribution is -2.46. The molecule has 0 saturated carbocycles. The predicted molar refractivity (Wildman–Crippen MR) is 133 cm³/mol. The Morgan fingerprint density at radius 3 is 2.53 bits per heavy atom. The fourth-order valence-electron chi connectivity index (χ4n) is 4.51. The molecular formula is C25H31F3N6O2. The highest BCUT2D eigenvalue weighted by Crippen LogP contribution is 2.31. The normalized spacial score (nSPS) is 14.8. The van der Waals surface area contributed by atoms with Gasteiger partial charge in [-0.25, -0.2) is 9.31 Å². The number of fused-ring (bicyclic) bond motifs is 1. The number of hydrogen-bond donors (Lipinski definition) is 1. The fraction of sp³-hybridized carbons (Fsp3) is 0.440. The molecule has 3 aromatic rings. The van der Waals surface area contributed by atoms with E-state index in [2.05, 4.69) is 21.0 Å². The molecule has 1 aliphatic heterocycles. The number of aromatic nitrogens is 2. The molecule has 2 N–H and O–H groups in total. The van der Waals surface area contributed by atoms with Crippen molar-refractivity contribution in [3.8, 4) is 5.75 Å². The minimum Gasteiger partial charge on any atom is -0.495 e. The minimum atomic E-state index is -4.45. The van der Waals surface area contributed by atoms with Crippen LogP contribution in [0.3, 0.4) is 0 Å². The smallest absolute Gasteiger partial charge is 0.416 e. The van der Waals surface area contributed by atoms with E-state index in [0.29, 0.717) is 13.0 Å². The number of nitrogens with zero attached hydrogens (tertiary/aromatic N) is 5. The summed E-state index contributed by atoms with van der Waals surface area (Å²) in [5, 5.41) is 4.23. The molecule has 2 amide bonds. The highest BCUT2D eigenvalue weighted by molar-refractivity contribution is 5.90. The number of primary amides is 1. The van der Waals surface area contributed by atoms with Gasteiger partial charge in [0.1, 0.15) is 5.75 Å². The summed E-state index contributed by atoms with van der Waals surface area (Å²) in [7, 11) is 1.69. The Balaban J connectivity index is 1.24. The van der Waals surface area contributed by atoms with Crippen molar-refractivity contribution in [2.75, 3.05) is 56.2 Å². The Labute approximate surface area is 208 Å². The van der Waals surface area contributed by atoms with Crippen molar-refractivity contribution in [3.05, 3.63) is 54.2 Å². The molecule has 11 heteroatoms. The average molecular weight is 505 g/mol. The van der Waals surface area contributed by atoms with Crippen molar-refractivity contribution in [2.24, 2.45) is 5.73 Å². The first-order valence-corrected chi connectivity index (χ1v) is 12.0. The third kappa shape index (κ3) is 6.01. The van der Waals surface area contributed by atoms with Gasteiger partial charge in [-0.2, -0.15) is 13.2 Å². The van der Waals surface area contributed by atoms with Crippen LogP contribution in [-0.4, -0.2) is 66.9 Å². The maximum absolute atomic E-state index is 13.0. The number of methoxy groups -OCH3 is 1. The summed E-state index contributed by atoms with van der Waals surface area (Å²) in [6.45, 7) is 5.11. The highest BCUT2D eigenvalue weighted by Gasteiger charge is 2.31. The standard InChI is InChI=1S/C25H31F3N6O2/c1-36-22-8-4-3-7-21(22)32-15-13-31(14-16-32)10-5-2-6-11-33(24(29)35)23-18-20-17-19(25(26,27)28)9-12-34(20)30-23/h3-4,7-9,12,17-18H,2,5-6,10-11,13-16H2,1H3,(H2,29,35). The molecular weight excluding hydrogens is 473 g/mol. The number of alkyl halides is 3. The van der Waals surface area contributed by atoms with Gasteiger partial charge < -0.3 is 15.4 Å². The Bertz CT molecular complexity index is 1170. The van der Waals surface area contributed by atoms with E-state index in [1.54, 1.807) is 7.11 Å². The largest absolute Gasteiger partial charge is 0.495 e. The zero-order chi connectivity index (χ0) is 25.7. The molecule has 0 atom stereocenters. The molecule has 1 aromatic carbocycles. The maximum Gasteiger partial charge on any atom is 0.416 e. The van der Waals surface area contributed by atoms with E-state index in [9.17, 15) is 18.0 Å². The Morgan fingerprint density at radius 1 is 1.08 bits per heavy atom. The van der Waals surface area contributed by atoms with Gasteiger partial charge in [-0.3, -0.25) is 9.80 Å². The van der Waals surface area contributed by atoms with Crippen LogP contribution in [0.2, 0.25) is 0 Å². The van der Waals surface area contributed by atoms with Gasteiger partial charge in [0.2, 0.25) is 0 Å². The number of hydrogen-bond acceptors (Lipinski definition) is 5. The summed E-state index contributed by atoms with van der Waals surface area (Å²) in [4.78, 5) is 18.1. The van der Waals surface area contributed by atoms with E-state index in [0.717, 1.165) is 69.1 Å². The molecule has 36 heavy (non-hydrogen) atoms. The zero-order valence-electron chi connectivity index (χ0n) is 20.2. The van der Waals surface area contributed by atoms with Gasteiger partial charge >= 0.3 is 12.2 Å². The molecule has 0 unspecified atom stereocenters. The number of nitrogens with two attached hydrogens (primary N) is 1. The Kier molecular flexibility index (Phi) is 7.88. The van der Waals surface area contributed by atoms with Gasteiger partial charge in [0.25, 0.3) is 0 Å². The number of rotatable bonds is 9. The van der Waals surface area contributed by atoms with Crippen molar-refractivity contribution in [1.29, 1.82) is 0 Å². The van der Waals surface area contributed by atoms with Crippen LogP contribution < -0.4 is 20.3 Å². The monoisotopic (exact) mass is 504 g/mol. The van der Waals surface area contributed by atoms with Gasteiger partial charge in [0.05, 0.1) is 23.9 Å². The number of benzene rings is 1. The first-order chi connectivity index (χ1) is 17.3. The first kappa shape index (κ1) is 25.6. The van der Waals surface area contributed by atoms with Crippen LogP contribution in [0.15, 0.2) is 48.7 Å². The molecule has 2 aromatic heterocycles. The summed E-state index contributed by atoms with van der Waals surface area (Å²) in [6, 6.07) is 10.8. The summed E-state index contributed by atoms with van der Waals surface area (Å²) in [5.74, 6) is 1.13. The summed E-state index contributed by atoms with van der Waals surface area (Å²) in [5.41, 5.74) is 6.14. The van der Waals surface area contributed by atoms with Crippen molar-refractivity contribution in [3.63, 3.8) is 0 Å². The lowest BCUT2D eigenvalue weighted by Gasteiger charge is -2.36. The summed E-state index contributed by atoms with van der Waals surface area (Å²) in [6.07, 6.45) is -0.639. The number of para-hydroxylation sites is 2. The SMILES string of the molecule is COc1ccccc1N1CCN(CCCCCN(C(N)=O)c2cc3cc(C(F)(F)F)ccn3n2)CC1. The van der Waals surface area contributed by atoms with E-state index >= 15 is 0 Å². The zero-order valence-corrected chi connectivity index (χ0v) is 20.2. The molecule has 1 saturated heterocycles. The summed E-state index contributed by atoms with van der Waals surface area (Å²) >= 11 is 0. The quantitative estimate of drug-likeness (QED) is 0.441. The second-order valence-electron chi connectivity index (χ2n) is 8.84. The van der Waals surface area contributed by atoms with Crippen molar-refractivity contribution >= 4 is 23.1 Å². The van der Waals surface area contributed by atoms with Gasteiger partial charge in [0.15, 0.2) is 5.82 Å². The van der Waals surface area contributed by atoms with Crippen molar-refractivity contribution < 1.29 is 22.7 Å². The second kappa shape index (κ2) is 11.1. The van der Waals surface area contributed by atoms with Gasteiger partial charge in [-0.1, -0.05) is 18.6 Å². The van der Waals surface area contributed by atoms with Crippen LogP contribution in [0, 0.1) is 0 Å². The van der Waals surface area contributed by atoms with Crippen LogP contribution >= 0.6 is 0 Å². The van der Waals surface area contributed by atoms with E-state index in [1.807, 2.05) is 18.2 Å². The van der Waals surface area contributed by atoms with E-state index < -0.39 is 17.8 Å². The fourth-order valence-corrected chi connectivity index (χ4v) is 4.51. The van der Waals surface area contributed by atoms with Crippen LogP contribution in [-0.2, 0) is 6.18 Å². The molecule has 1 fully saturated rings. The molecule has 0 radical (unpaired) electrons. The number of anilines is 2. The number of piperazine rings is 1. The third-order valence-electron chi connectivity index (χ3n) is 6.47. The summed E-state index contributed by atoms with van der Waals surface area (Å²) < 4.78 is 45.7. The lowest BCUT2D eigenvalue weighted by molar-refractivity contribution is -0.137. The molecule has 8 nitrogen and oxygen atoms in total. The van der Waals surface area contributed by atoms with Crippen molar-refractivity contribution in [1.82, 2.24) is 14.5 Å². The van der Waals surface area contributed by atoms with Crippen LogP contribution in [0.25, 0.3) is 5.52 Å². The number of pyridine rings is 1. The lowest BCUT2D eigenvalue weighted by atomic mass is 10.2. The minimum absolute atomic E-state index is 0.245. The van der Waals surface area contributed by atoms with E-state index in [4.69, 9.17) is 10.5 Å². The number of unbranched alkanes of at least 4 members (excludes halogenated alkanes) is 2.